The van der Waals surface area contributed by atoms with Gasteiger partial charge in [-0.1, -0.05) is 0 Å². The lowest BCUT2D eigenvalue weighted by atomic mass is 10.00. The summed E-state index contributed by atoms with van der Waals surface area (Å²) in [4.78, 5) is 8.82. The van der Waals surface area contributed by atoms with Gasteiger partial charge in [0.2, 0.25) is 0 Å². The van der Waals surface area contributed by atoms with Crippen molar-refractivity contribution in [1.29, 1.82) is 0 Å². The molecule has 2 atom stereocenters. The molecule has 1 aromatic heterocycles. The predicted molar refractivity (Wildman–Crippen MR) is 65.6 cm³/mol. The van der Waals surface area contributed by atoms with Crippen LogP contribution >= 0.6 is 0 Å². The molecule has 0 aromatic carbocycles. The van der Waals surface area contributed by atoms with Gasteiger partial charge >= 0.3 is 0 Å². The molecule has 1 aliphatic rings. The normalized spacial score (nSPS) is 25.4. The van der Waals surface area contributed by atoms with Crippen LogP contribution < -0.4 is 10.6 Å². The highest BCUT2D eigenvalue weighted by molar-refractivity contribution is 5.41. The highest BCUT2D eigenvalue weighted by atomic mass is 15.1. The Morgan fingerprint density at radius 3 is 3.00 bits per heavy atom. The molecule has 0 spiro atoms. The average Bonchev–Trinajstić information content (AvgIpc) is 2.27. The van der Waals surface area contributed by atoms with Crippen LogP contribution in [0.3, 0.4) is 0 Å². The van der Waals surface area contributed by atoms with Crippen LogP contribution in [-0.2, 0) is 0 Å². The van der Waals surface area contributed by atoms with Gasteiger partial charge in [0, 0.05) is 18.3 Å². The fraction of sp³-hybridized carbons (Fsp3) is 0.667. The molecule has 2 heterocycles. The van der Waals surface area contributed by atoms with Crippen LogP contribution in [0.15, 0.2) is 6.20 Å². The standard InChI is InChI=1S/C12H20N4/c1-8-7-14-10(3)12(15-8)16-11-5-4-6-13-9(11)2/h7,9,11,13H,4-6H2,1-3H3,(H,15,16). The maximum Gasteiger partial charge on any atom is 0.148 e. The van der Waals surface area contributed by atoms with Gasteiger partial charge in [0.25, 0.3) is 0 Å². The minimum absolute atomic E-state index is 0.462. The molecular weight excluding hydrogens is 200 g/mol. The van der Waals surface area contributed by atoms with Crippen LogP contribution in [-0.4, -0.2) is 28.6 Å². The van der Waals surface area contributed by atoms with Gasteiger partial charge in [-0.15, -0.1) is 0 Å². The fourth-order valence-corrected chi connectivity index (χ4v) is 2.09. The van der Waals surface area contributed by atoms with Crippen LogP contribution in [0.1, 0.15) is 31.2 Å². The summed E-state index contributed by atoms with van der Waals surface area (Å²) in [6, 6.07) is 0.957. The van der Waals surface area contributed by atoms with Gasteiger partial charge in [-0.25, -0.2) is 4.98 Å². The van der Waals surface area contributed by atoms with Crippen LogP contribution in [0.5, 0.6) is 0 Å². The highest BCUT2D eigenvalue weighted by Crippen LogP contribution is 2.16. The molecule has 0 bridgehead atoms. The maximum atomic E-state index is 4.50. The molecule has 4 nitrogen and oxygen atoms in total. The first kappa shape index (κ1) is 11.3. The molecule has 4 heteroatoms. The molecule has 0 amide bonds. The Morgan fingerprint density at radius 1 is 1.44 bits per heavy atom. The van der Waals surface area contributed by atoms with Gasteiger partial charge in [-0.2, -0.15) is 0 Å². The summed E-state index contributed by atoms with van der Waals surface area (Å²) in [5.41, 5.74) is 1.94. The SMILES string of the molecule is Cc1cnc(C)c(NC2CCCNC2C)n1. The lowest BCUT2D eigenvalue weighted by Gasteiger charge is -2.31. The van der Waals surface area contributed by atoms with Gasteiger partial charge in [0.1, 0.15) is 5.82 Å². The van der Waals surface area contributed by atoms with E-state index in [1.54, 1.807) is 0 Å². The second-order valence-corrected chi connectivity index (χ2v) is 4.58. The van der Waals surface area contributed by atoms with E-state index in [9.17, 15) is 0 Å². The van der Waals surface area contributed by atoms with Crippen LogP contribution in [0.25, 0.3) is 0 Å². The van der Waals surface area contributed by atoms with E-state index in [0.29, 0.717) is 12.1 Å². The van der Waals surface area contributed by atoms with Crippen LogP contribution in [0, 0.1) is 13.8 Å². The minimum atomic E-state index is 0.462. The van der Waals surface area contributed by atoms with E-state index >= 15 is 0 Å². The molecule has 1 saturated heterocycles. The lowest BCUT2D eigenvalue weighted by molar-refractivity contribution is 0.388. The molecule has 1 aliphatic heterocycles. The van der Waals surface area contributed by atoms with Crippen molar-refractivity contribution in [1.82, 2.24) is 15.3 Å². The number of piperidine rings is 1. The van der Waals surface area contributed by atoms with E-state index in [1.807, 2.05) is 20.0 Å². The van der Waals surface area contributed by atoms with Gasteiger partial charge in [0.15, 0.2) is 0 Å². The Bertz CT molecular complexity index is 364. The smallest absolute Gasteiger partial charge is 0.148 e. The largest absolute Gasteiger partial charge is 0.364 e. The number of nitrogens with zero attached hydrogens (tertiary/aromatic N) is 2. The van der Waals surface area contributed by atoms with Crippen molar-refractivity contribution in [3.05, 3.63) is 17.6 Å². The Hall–Kier alpha value is -1.16. The summed E-state index contributed by atoms with van der Waals surface area (Å²) < 4.78 is 0. The zero-order valence-electron chi connectivity index (χ0n) is 10.2. The molecular formula is C12H20N4. The zero-order valence-corrected chi connectivity index (χ0v) is 10.2. The third-order valence-corrected chi connectivity index (χ3v) is 3.16. The lowest BCUT2D eigenvalue weighted by Crippen LogP contribution is -2.46. The molecule has 2 unspecified atom stereocenters. The Balaban J connectivity index is 2.10. The number of nitrogens with one attached hydrogen (secondary N) is 2. The second-order valence-electron chi connectivity index (χ2n) is 4.58. The molecule has 2 rings (SSSR count). The van der Waals surface area contributed by atoms with Gasteiger partial charge in [-0.3, -0.25) is 4.98 Å². The summed E-state index contributed by atoms with van der Waals surface area (Å²) in [7, 11) is 0. The van der Waals surface area contributed by atoms with E-state index in [2.05, 4.69) is 27.5 Å². The zero-order chi connectivity index (χ0) is 11.5. The van der Waals surface area contributed by atoms with Gasteiger partial charge in [-0.05, 0) is 40.2 Å². The molecule has 16 heavy (non-hydrogen) atoms. The number of anilines is 1. The number of aromatic nitrogens is 2. The van der Waals surface area contributed by atoms with E-state index in [4.69, 9.17) is 0 Å². The first-order valence-electron chi connectivity index (χ1n) is 5.97. The molecule has 0 aliphatic carbocycles. The summed E-state index contributed by atoms with van der Waals surface area (Å²) in [6.07, 6.45) is 4.23. The highest BCUT2D eigenvalue weighted by Gasteiger charge is 2.21. The summed E-state index contributed by atoms with van der Waals surface area (Å²) in [6.45, 7) is 7.31. The maximum absolute atomic E-state index is 4.50. The molecule has 0 saturated carbocycles. The van der Waals surface area contributed by atoms with Crippen molar-refractivity contribution in [2.75, 3.05) is 11.9 Å². The predicted octanol–water partition coefficient (Wildman–Crippen LogP) is 1.65. The van der Waals surface area contributed by atoms with E-state index < -0.39 is 0 Å². The molecule has 0 radical (unpaired) electrons. The van der Waals surface area contributed by atoms with Gasteiger partial charge < -0.3 is 10.6 Å². The van der Waals surface area contributed by atoms with Gasteiger partial charge in [0.05, 0.1) is 11.4 Å². The van der Waals surface area contributed by atoms with E-state index in [-0.39, 0.29) is 0 Å². The van der Waals surface area contributed by atoms with Crippen molar-refractivity contribution >= 4 is 5.82 Å². The second kappa shape index (κ2) is 4.78. The first-order chi connectivity index (χ1) is 7.66. The quantitative estimate of drug-likeness (QED) is 0.795. The fourth-order valence-electron chi connectivity index (χ4n) is 2.09. The number of hydrogen-bond acceptors (Lipinski definition) is 4. The summed E-state index contributed by atoms with van der Waals surface area (Å²) >= 11 is 0. The Labute approximate surface area is 96.9 Å². The van der Waals surface area contributed by atoms with Crippen molar-refractivity contribution < 1.29 is 0 Å². The monoisotopic (exact) mass is 220 g/mol. The third-order valence-electron chi connectivity index (χ3n) is 3.16. The summed E-state index contributed by atoms with van der Waals surface area (Å²) in [5, 5.41) is 6.98. The van der Waals surface area contributed by atoms with Crippen LogP contribution in [0.4, 0.5) is 5.82 Å². The van der Waals surface area contributed by atoms with Crippen molar-refractivity contribution in [2.24, 2.45) is 0 Å². The van der Waals surface area contributed by atoms with E-state index in [1.165, 1.54) is 12.8 Å². The molecule has 88 valence electrons. The molecule has 1 aromatic rings. The summed E-state index contributed by atoms with van der Waals surface area (Å²) in [5.74, 6) is 0.931. The van der Waals surface area contributed by atoms with E-state index in [0.717, 1.165) is 23.8 Å². The number of rotatable bonds is 2. The topological polar surface area (TPSA) is 49.8 Å². The third kappa shape index (κ3) is 2.50. The Kier molecular flexibility index (Phi) is 3.39. The number of aryl methyl sites for hydroxylation is 2. The first-order valence-corrected chi connectivity index (χ1v) is 5.97. The Morgan fingerprint density at radius 2 is 2.25 bits per heavy atom. The minimum Gasteiger partial charge on any atom is -0.364 e. The van der Waals surface area contributed by atoms with Crippen molar-refractivity contribution in [3.63, 3.8) is 0 Å². The molecule has 2 N–H and O–H groups in total. The average molecular weight is 220 g/mol. The van der Waals surface area contributed by atoms with Crippen molar-refractivity contribution in [2.45, 2.75) is 45.7 Å². The van der Waals surface area contributed by atoms with Crippen LogP contribution in [0.2, 0.25) is 0 Å². The number of hydrogen-bond donors (Lipinski definition) is 2. The van der Waals surface area contributed by atoms with Crippen molar-refractivity contribution in [3.8, 4) is 0 Å². The molecule has 1 fully saturated rings.